The lowest BCUT2D eigenvalue weighted by Crippen LogP contribution is -2.26. The molecule has 0 fully saturated rings. The fraction of sp³-hybridized carbons (Fsp3) is 0.167. The number of carbonyl (C=O) groups excluding carboxylic acids is 1. The monoisotopic (exact) mass is 420 g/mol. The number of rotatable bonds is 9. The average molecular weight is 420 g/mol. The summed E-state index contributed by atoms with van der Waals surface area (Å²) in [7, 11) is 3.13. The van der Waals surface area contributed by atoms with E-state index in [9.17, 15) is 4.79 Å². The molecule has 0 aromatic heterocycles. The maximum atomic E-state index is 12.3. The largest absolute Gasteiger partial charge is 0.493 e. The van der Waals surface area contributed by atoms with Gasteiger partial charge in [-0.05, 0) is 61.5 Å². The molecule has 0 heterocycles. The number of ether oxygens (including phenoxy) is 3. The van der Waals surface area contributed by atoms with E-state index < -0.39 is 6.10 Å². The van der Waals surface area contributed by atoms with Crippen LogP contribution in [-0.2, 0) is 9.63 Å². The molecular formula is C24H24N2O5. The van der Waals surface area contributed by atoms with Crippen molar-refractivity contribution in [2.24, 2.45) is 5.16 Å². The summed E-state index contributed by atoms with van der Waals surface area (Å²) >= 11 is 0. The van der Waals surface area contributed by atoms with E-state index in [0.717, 1.165) is 11.3 Å². The fourth-order valence-corrected chi connectivity index (χ4v) is 2.64. The number of nitrogens with one attached hydrogen (secondary N) is 1. The number of amides is 1. The molecule has 0 bridgehead atoms. The molecule has 0 spiro atoms. The number of hydrogen-bond acceptors (Lipinski definition) is 6. The number of para-hydroxylation sites is 1. The van der Waals surface area contributed by atoms with Gasteiger partial charge in [0.2, 0.25) is 6.10 Å². The van der Waals surface area contributed by atoms with E-state index in [2.05, 4.69) is 10.5 Å². The Morgan fingerprint density at radius 1 is 0.903 bits per heavy atom. The van der Waals surface area contributed by atoms with Crippen LogP contribution < -0.4 is 19.5 Å². The Morgan fingerprint density at radius 2 is 1.58 bits per heavy atom. The second-order valence-electron chi connectivity index (χ2n) is 6.53. The predicted molar refractivity (Wildman–Crippen MR) is 119 cm³/mol. The molecule has 0 saturated carbocycles. The third-order valence-electron chi connectivity index (χ3n) is 4.30. The SMILES string of the molecule is COc1ccc(/C=N/OC(C)C(=O)Nc2ccc(Oc3ccccc3)cc2)cc1OC. The zero-order valence-corrected chi connectivity index (χ0v) is 17.6. The highest BCUT2D eigenvalue weighted by Crippen LogP contribution is 2.27. The summed E-state index contributed by atoms with van der Waals surface area (Å²) in [5.41, 5.74) is 1.38. The Morgan fingerprint density at radius 3 is 2.26 bits per heavy atom. The van der Waals surface area contributed by atoms with Crippen LogP contribution >= 0.6 is 0 Å². The molecule has 3 rings (SSSR count). The Balaban J connectivity index is 1.51. The van der Waals surface area contributed by atoms with Crippen LogP contribution in [0.25, 0.3) is 0 Å². The first-order valence-corrected chi connectivity index (χ1v) is 9.64. The molecule has 1 N–H and O–H groups in total. The molecule has 3 aromatic rings. The summed E-state index contributed by atoms with van der Waals surface area (Å²) in [6, 6.07) is 21.9. The van der Waals surface area contributed by atoms with Crippen LogP contribution in [0.5, 0.6) is 23.0 Å². The average Bonchev–Trinajstić information content (AvgIpc) is 2.80. The van der Waals surface area contributed by atoms with Gasteiger partial charge in [0, 0.05) is 11.3 Å². The van der Waals surface area contributed by atoms with Crippen molar-refractivity contribution in [3.05, 3.63) is 78.4 Å². The van der Waals surface area contributed by atoms with Gasteiger partial charge in [-0.2, -0.15) is 0 Å². The van der Waals surface area contributed by atoms with Gasteiger partial charge in [-0.15, -0.1) is 0 Å². The normalized spacial score (nSPS) is 11.6. The first kappa shape index (κ1) is 21.7. The molecule has 0 radical (unpaired) electrons. The summed E-state index contributed by atoms with van der Waals surface area (Å²) in [5, 5.41) is 6.68. The topological polar surface area (TPSA) is 78.4 Å². The van der Waals surface area contributed by atoms with Crippen molar-refractivity contribution in [1.82, 2.24) is 0 Å². The second-order valence-corrected chi connectivity index (χ2v) is 6.53. The van der Waals surface area contributed by atoms with Crippen LogP contribution in [0.15, 0.2) is 78.0 Å². The van der Waals surface area contributed by atoms with Crippen molar-refractivity contribution in [3.8, 4) is 23.0 Å². The molecule has 7 heteroatoms. The number of nitrogens with zero attached hydrogens (tertiary/aromatic N) is 1. The first-order valence-electron chi connectivity index (χ1n) is 9.64. The third-order valence-corrected chi connectivity index (χ3v) is 4.30. The summed E-state index contributed by atoms with van der Waals surface area (Å²) in [6.07, 6.45) is 0.721. The predicted octanol–water partition coefficient (Wildman–Crippen LogP) is 4.87. The molecule has 3 aromatic carbocycles. The lowest BCUT2D eigenvalue weighted by Gasteiger charge is -2.11. The van der Waals surface area contributed by atoms with Crippen LogP contribution in [0.3, 0.4) is 0 Å². The molecule has 0 aliphatic carbocycles. The molecule has 0 aliphatic heterocycles. The highest BCUT2D eigenvalue weighted by molar-refractivity contribution is 5.94. The Bertz CT molecular complexity index is 1020. The number of hydrogen-bond donors (Lipinski definition) is 1. The van der Waals surface area contributed by atoms with E-state index in [1.54, 1.807) is 63.6 Å². The molecule has 7 nitrogen and oxygen atoms in total. The van der Waals surface area contributed by atoms with Crippen LogP contribution in [-0.4, -0.2) is 32.4 Å². The van der Waals surface area contributed by atoms with Gasteiger partial charge < -0.3 is 24.4 Å². The lowest BCUT2D eigenvalue weighted by atomic mass is 10.2. The molecule has 1 amide bonds. The van der Waals surface area contributed by atoms with Gasteiger partial charge in [0.05, 0.1) is 20.4 Å². The van der Waals surface area contributed by atoms with Crippen LogP contribution in [0, 0.1) is 0 Å². The maximum Gasteiger partial charge on any atom is 0.267 e. The minimum Gasteiger partial charge on any atom is -0.493 e. The molecule has 1 unspecified atom stereocenters. The summed E-state index contributed by atoms with van der Waals surface area (Å²) in [5.74, 6) is 2.30. The van der Waals surface area contributed by atoms with Crippen LogP contribution in [0.1, 0.15) is 12.5 Å². The lowest BCUT2D eigenvalue weighted by molar-refractivity contribution is -0.126. The van der Waals surface area contributed by atoms with Gasteiger partial charge in [-0.25, -0.2) is 0 Å². The van der Waals surface area contributed by atoms with Crippen LogP contribution in [0.4, 0.5) is 5.69 Å². The van der Waals surface area contributed by atoms with E-state index in [-0.39, 0.29) is 5.91 Å². The number of carbonyl (C=O) groups is 1. The van der Waals surface area contributed by atoms with Gasteiger partial charge in [-0.3, -0.25) is 4.79 Å². The van der Waals surface area contributed by atoms with E-state index in [1.165, 1.54) is 6.21 Å². The van der Waals surface area contributed by atoms with Gasteiger partial charge in [0.15, 0.2) is 11.5 Å². The van der Waals surface area contributed by atoms with Crippen molar-refractivity contribution < 1.29 is 23.8 Å². The van der Waals surface area contributed by atoms with Gasteiger partial charge >= 0.3 is 0 Å². The Kier molecular flexibility index (Phi) is 7.48. The van der Waals surface area contributed by atoms with Gasteiger partial charge in [0.1, 0.15) is 11.5 Å². The number of anilines is 1. The zero-order chi connectivity index (χ0) is 22.1. The highest BCUT2D eigenvalue weighted by atomic mass is 16.6. The van der Waals surface area contributed by atoms with Crippen LogP contribution in [0.2, 0.25) is 0 Å². The molecule has 31 heavy (non-hydrogen) atoms. The first-order chi connectivity index (χ1) is 15.1. The number of benzene rings is 3. The minimum absolute atomic E-state index is 0.318. The van der Waals surface area contributed by atoms with Crippen molar-refractivity contribution in [2.45, 2.75) is 13.0 Å². The van der Waals surface area contributed by atoms with E-state index in [0.29, 0.717) is 22.9 Å². The van der Waals surface area contributed by atoms with Gasteiger partial charge in [0.25, 0.3) is 5.91 Å². The third kappa shape index (κ3) is 6.24. The summed E-state index contributed by atoms with van der Waals surface area (Å²) < 4.78 is 16.2. The maximum absolute atomic E-state index is 12.3. The minimum atomic E-state index is -0.781. The standard InChI is InChI=1S/C24H24N2O5/c1-17(31-25-16-18-9-14-22(28-2)23(15-18)29-3)24(27)26-19-10-12-21(13-11-19)30-20-7-5-4-6-8-20/h4-17H,1-3H3,(H,26,27)/b25-16+. The van der Waals surface area contributed by atoms with E-state index in [1.807, 2.05) is 30.3 Å². The molecule has 0 saturated heterocycles. The number of oxime groups is 1. The summed E-state index contributed by atoms with van der Waals surface area (Å²) in [6.45, 7) is 1.62. The molecule has 0 aliphatic rings. The Hall–Kier alpha value is -4.00. The molecule has 1 atom stereocenters. The Labute approximate surface area is 181 Å². The smallest absolute Gasteiger partial charge is 0.267 e. The van der Waals surface area contributed by atoms with Gasteiger partial charge in [-0.1, -0.05) is 23.4 Å². The van der Waals surface area contributed by atoms with Crippen molar-refractivity contribution in [2.75, 3.05) is 19.5 Å². The molecule has 160 valence electrons. The number of methoxy groups -OCH3 is 2. The van der Waals surface area contributed by atoms with Crippen molar-refractivity contribution in [1.29, 1.82) is 0 Å². The quantitative estimate of drug-likeness (QED) is 0.395. The van der Waals surface area contributed by atoms with E-state index >= 15 is 0 Å². The zero-order valence-electron chi connectivity index (χ0n) is 17.6. The second kappa shape index (κ2) is 10.7. The summed E-state index contributed by atoms with van der Waals surface area (Å²) in [4.78, 5) is 17.6. The fourth-order valence-electron chi connectivity index (χ4n) is 2.64. The van der Waals surface area contributed by atoms with E-state index in [4.69, 9.17) is 19.0 Å². The highest BCUT2D eigenvalue weighted by Gasteiger charge is 2.14. The molecular weight excluding hydrogens is 396 g/mol. The van der Waals surface area contributed by atoms with Crippen molar-refractivity contribution >= 4 is 17.8 Å². The van der Waals surface area contributed by atoms with Crippen molar-refractivity contribution in [3.63, 3.8) is 0 Å².